The number of aliphatic hydroxyl groups excluding tert-OH is 2. The molecule has 3 heteroatoms. The van der Waals surface area contributed by atoms with Gasteiger partial charge in [-0.3, -0.25) is 4.79 Å². The first kappa shape index (κ1) is 23.1. The van der Waals surface area contributed by atoms with Crippen LogP contribution in [0.4, 0.5) is 0 Å². The van der Waals surface area contributed by atoms with Crippen molar-refractivity contribution in [1.82, 2.24) is 0 Å². The lowest BCUT2D eigenvalue weighted by molar-refractivity contribution is -0.165. The van der Waals surface area contributed by atoms with Gasteiger partial charge in [0.15, 0.2) is 0 Å². The molecule has 0 aromatic carbocycles. The minimum absolute atomic E-state index is 0.164. The van der Waals surface area contributed by atoms with Gasteiger partial charge in [0.2, 0.25) is 0 Å². The van der Waals surface area contributed by atoms with E-state index in [2.05, 4.69) is 34.3 Å². The Bertz CT molecular complexity index is 774. The fourth-order valence-corrected chi connectivity index (χ4v) is 9.67. The van der Waals surface area contributed by atoms with Gasteiger partial charge < -0.3 is 10.2 Å². The molecule has 5 saturated carbocycles. The number of fused-ring (bicyclic) bond motifs is 5. The minimum Gasteiger partial charge on any atom is -0.393 e. The predicted molar refractivity (Wildman–Crippen MR) is 128 cm³/mol. The maximum atomic E-state index is 12.2. The van der Waals surface area contributed by atoms with Crippen LogP contribution in [0.1, 0.15) is 91.9 Å². The molecule has 0 heterocycles. The Hall–Kier alpha value is -0.670. The van der Waals surface area contributed by atoms with Crippen molar-refractivity contribution in [2.24, 2.45) is 58.2 Å². The van der Waals surface area contributed by atoms with E-state index >= 15 is 0 Å². The largest absolute Gasteiger partial charge is 0.393 e. The Morgan fingerprint density at radius 1 is 1.16 bits per heavy atom. The SMILES string of the molecule is C=C(C(O)CC(C)C1CC1C)C1CCC2C3CCC4CC(=O)CCC4(C)C3CC(O)C12C. The zero-order valence-corrected chi connectivity index (χ0v) is 20.9. The van der Waals surface area contributed by atoms with Crippen LogP contribution in [0.3, 0.4) is 0 Å². The van der Waals surface area contributed by atoms with Gasteiger partial charge in [0, 0.05) is 18.3 Å². The monoisotopic (exact) mass is 442 g/mol. The van der Waals surface area contributed by atoms with E-state index in [-0.39, 0.29) is 22.9 Å². The fraction of sp³-hybridized carbons (Fsp3) is 0.897. The molecule has 0 aromatic rings. The van der Waals surface area contributed by atoms with Crippen LogP contribution in [0.5, 0.6) is 0 Å². The highest BCUT2D eigenvalue weighted by Gasteiger charge is 2.63. The van der Waals surface area contributed by atoms with Gasteiger partial charge in [-0.15, -0.1) is 0 Å². The Kier molecular flexibility index (Phi) is 5.73. The summed E-state index contributed by atoms with van der Waals surface area (Å²) in [5, 5.41) is 22.8. The molecule has 0 bridgehead atoms. The summed E-state index contributed by atoms with van der Waals surface area (Å²) in [7, 11) is 0. The molecule has 0 spiro atoms. The van der Waals surface area contributed by atoms with Crippen LogP contribution in [-0.4, -0.2) is 28.2 Å². The van der Waals surface area contributed by atoms with Crippen molar-refractivity contribution >= 4 is 5.78 Å². The minimum atomic E-state index is -0.444. The Morgan fingerprint density at radius 2 is 1.88 bits per heavy atom. The lowest BCUT2D eigenvalue weighted by Gasteiger charge is -2.61. The first-order valence-electron chi connectivity index (χ1n) is 13.6. The number of Topliss-reactive ketones (excluding diaryl/α,β-unsaturated/α-hetero) is 1. The molecule has 180 valence electrons. The van der Waals surface area contributed by atoms with E-state index in [1.54, 1.807) is 0 Å². The van der Waals surface area contributed by atoms with Crippen LogP contribution in [0.15, 0.2) is 12.2 Å². The number of hydrogen-bond donors (Lipinski definition) is 2. The first-order chi connectivity index (χ1) is 15.1. The standard InChI is InChI=1S/C29H46O3/c1-16-12-22(16)17(2)13-26(31)18(3)23-8-9-24-21-7-6-19-14-20(30)10-11-28(19,4)25(21)15-27(32)29(23,24)5/h16-17,19,21-27,31-32H,3,6-15H2,1-2,4-5H3. The van der Waals surface area contributed by atoms with Crippen LogP contribution in [0.25, 0.3) is 0 Å². The van der Waals surface area contributed by atoms with E-state index in [4.69, 9.17) is 0 Å². The van der Waals surface area contributed by atoms with E-state index in [1.165, 1.54) is 19.3 Å². The van der Waals surface area contributed by atoms with Crippen molar-refractivity contribution in [3.8, 4) is 0 Å². The summed E-state index contributed by atoms with van der Waals surface area (Å²) in [6.07, 6.45) is 9.33. The van der Waals surface area contributed by atoms with Gasteiger partial charge in [0.05, 0.1) is 12.2 Å². The third-order valence-electron chi connectivity index (χ3n) is 12.0. The van der Waals surface area contributed by atoms with Gasteiger partial charge in [-0.05, 0) is 110 Å². The third kappa shape index (κ3) is 3.39. The summed E-state index contributed by atoms with van der Waals surface area (Å²) in [6, 6.07) is 0. The number of ketones is 1. The molecule has 3 nitrogen and oxygen atoms in total. The molecule has 5 rings (SSSR count). The Morgan fingerprint density at radius 3 is 2.56 bits per heavy atom. The number of aliphatic hydroxyl groups is 2. The summed E-state index contributed by atoms with van der Waals surface area (Å²) in [5.74, 6) is 5.02. The number of carbonyl (C=O) groups excluding carboxylic acids is 1. The van der Waals surface area contributed by atoms with E-state index in [9.17, 15) is 15.0 Å². The predicted octanol–water partition coefficient (Wildman–Crippen LogP) is 5.78. The normalized spacial score (nSPS) is 51.9. The summed E-state index contributed by atoms with van der Waals surface area (Å²) in [4.78, 5) is 12.2. The van der Waals surface area contributed by atoms with Crippen LogP contribution < -0.4 is 0 Å². The molecule has 12 atom stereocenters. The molecule has 0 saturated heterocycles. The molecule has 0 radical (unpaired) electrons. The highest BCUT2D eigenvalue weighted by Crippen LogP contribution is 2.68. The molecule has 0 aromatic heterocycles. The topological polar surface area (TPSA) is 57.5 Å². The van der Waals surface area contributed by atoms with Crippen LogP contribution >= 0.6 is 0 Å². The number of hydrogen-bond acceptors (Lipinski definition) is 3. The average Bonchev–Trinajstić information content (AvgIpc) is 3.37. The lowest BCUT2D eigenvalue weighted by atomic mass is 9.44. The Labute approximate surface area is 195 Å². The molecule has 32 heavy (non-hydrogen) atoms. The van der Waals surface area contributed by atoms with Crippen molar-refractivity contribution in [3.05, 3.63) is 12.2 Å². The maximum absolute atomic E-state index is 12.2. The molecule has 12 unspecified atom stereocenters. The van der Waals surface area contributed by atoms with E-state index in [0.29, 0.717) is 35.4 Å². The van der Waals surface area contributed by atoms with Gasteiger partial charge in [-0.25, -0.2) is 0 Å². The maximum Gasteiger partial charge on any atom is 0.133 e. The van der Waals surface area contributed by atoms with Gasteiger partial charge >= 0.3 is 0 Å². The van der Waals surface area contributed by atoms with Gasteiger partial charge in [-0.2, -0.15) is 0 Å². The summed E-state index contributed by atoms with van der Waals surface area (Å²) >= 11 is 0. The molecule has 5 aliphatic rings. The van der Waals surface area contributed by atoms with Crippen LogP contribution in [0.2, 0.25) is 0 Å². The third-order valence-corrected chi connectivity index (χ3v) is 12.0. The molecule has 5 fully saturated rings. The van der Waals surface area contributed by atoms with Crippen molar-refractivity contribution < 1.29 is 15.0 Å². The highest BCUT2D eigenvalue weighted by molar-refractivity contribution is 5.79. The zero-order valence-electron chi connectivity index (χ0n) is 20.9. The van der Waals surface area contributed by atoms with E-state index < -0.39 is 6.10 Å². The van der Waals surface area contributed by atoms with E-state index in [1.807, 2.05) is 0 Å². The molecule has 5 aliphatic carbocycles. The highest BCUT2D eigenvalue weighted by atomic mass is 16.3. The second-order valence-electron chi connectivity index (χ2n) is 13.3. The number of rotatable bonds is 5. The quantitative estimate of drug-likeness (QED) is 0.530. The van der Waals surface area contributed by atoms with Crippen molar-refractivity contribution in [3.63, 3.8) is 0 Å². The van der Waals surface area contributed by atoms with Gasteiger partial charge in [-0.1, -0.05) is 34.3 Å². The molecule has 2 N–H and O–H groups in total. The molecular weight excluding hydrogens is 396 g/mol. The van der Waals surface area contributed by atoms with Gasteiger partial charge in [0.1, 0.15) is 5.78 Å². The smallest absolute Gasteiger partial charge is 0.133 e. The van der Waals surface area contributed by atoms with Crippen LogP contribution in [0, 0.1) is 58.2 Å². The molecule has 0 amide bonds. The second-order valence-corrected chi connectivity index (χ2v) is 13.3. The van der Waals surface area contributed by atoms with Crippen LogP contribution in [-0.2, 0) is 4.79 Å². The van der Waals surface area contributed by atoms with Crippen molar-refractivity contribution in [2.45, 2.75) is 104 Å². The molecular formula is C29H46O3. The summed E-state index contributed by atoms with van der Waals surface area (Å²) < 4.78 is 0. The summed E-state index contributed by atoms with van der Waals surface area (Å²) in [5.41, 5.74) is 1.04. The van der Waals surface area contributed by atoms with Crippen molar-refractivity contribution in [1.29, 1.82) is 0 Å². The zero-order chi connectivity index (χ0) is 23.0. The Balaban J connectivity index is 1.34. The lowest BCUT2D eigenvalue weighted by Crippen LogP contribution is -2.58. The van der Waals surface area contributed by atoms with Gasteiger partial charge in [0.25, 0.3) is 0 Å². The summed E-state index contributed by atoms with van der Waals surface area (Å²) in [6.45, 7) is 13.8. The second kappa shape index (κ2) is 7.94. The average molecular weight is 443 g/mol. The molecule has 0 aliphatic heterocycles. The number of carbonyl (C=O) groups is 1. The fourth-order valence-electron chi connectivity index (χ4n) is 9.67. The van der Waals surface area contributed by atoms with Crippen molar-refractivity contribution in [2.75, 3.05) is 0 Å². The van der Waals surface area contributed by atoms with E-state index in [0.717, 1.165) is 62.4 Å². The first-order valence-corrected chi connectivity index (χ1v) is 13.6.